The molecule has 0 atom stereocenters. The summed E-state index contributed by atoms with van der Waals surface area (Å²) in [6.07, 6.45) is 3.50. The minimum absolute atomic E-state index is 0.00778. The summed E-state index contributed by atoms with van der Waals surface area (Å²) in [4.78, 5) is 11.1. The van der Waals surface area contributed by atoms with Gasteiger partial charge in [-0.3, -0.25) is 0 Å². The van der Waals surface area contributed by atoms with Gasteiger partial charge < -0.3 is 10.2 Å². The summed E-state index contributed by atoms with van der Waals surface area (Å²) in [5, 5.41) is 27.0. The van der Waals surface area contributed by atoms with E-state index >= 15 is 0 Å². The largest absolute Gasteiger partial charge is 0.476 e. The van der Waals surface area contributed by atoms with Crippen LogP contribution in [-0.2, 0) is 6.54 Å². The molecule has 1 aromatic heterocycles. The fourth-order valence-corrected chi connectivity index (χ4v) is 2.63. The van der Waals surface area contributed by atoms with Gasteiger partial charge in [0.05, 0.1) is 17.8 Å². The van der Waals surface area contributed by atoms with Crippen molar-refractivity contribution in [2.24, 2.45) is 0 Å². The van der Waals surface area contributed by atoms with Crippen molar-refractivity contribution in [3.63, 3.8) is 0 Å². The van der Waals surface area contributed by atoms with Gasteiger partial charge in [-0.25, -0.2) is 9.48 Å². The van der Waals surface area contributed by atoms with Gasteiger partial charge in [0.1, 0.15) is 0 Å². The average Bonchev–Trinajstić information content (AvgIpc) is 2.85. The standard InChI is InChI=1S/C12H19N3O3/c1-8(2)10-9(11(16)17)13-14-15(10)7-12(18)5-3-4-6-12/h8,18H,3-7H2,1-2H3,(H,16,17). The predicted octanol–water partition coefficient (Wildman–Crippen LogP) is 1.40. The van der Waals surface area contributed by atoms with Crippen molar-refractivity contribution in [2.75, 3.05) is 0 Å². The van der Waals surface area contributed by atoms with E-state index < -0.39 is 11.6 Å². The number of aromatic carboxylic acids is 1. The fourth-order valence-electron chi connectivity index (χ4n) is 2.63. The molecule has 0 aromatic carbocycles. The zero-order valence-electron chi connectivity index (χ0n) is 10.8. The van der Waals surface area contributed by atoms with Crippen molar-refractivity contribution in [1.82, 2.24) is 15.0 Å². The normalized spacial score (nSPS) is 18.4. The summed E-state index contributed by atoms with van der Waals surface area (Å²) < 4.78 is 1.56. The maximum Gasteiger partial charge on any atom is 0.358 e. The minimum Gasteiger partial charge on any atom is -0.476 e. The van der Waals surface area contributed by atoms with E-state index in [2.05, 4.69) is 10.3 Å². The first kappa shape index (κ1) is 13.0. The van der Waals surface area contributed by atoms with E-state index in [9.17, 15) is 9.90 Å². The van der Waals surface area contributed by atoms with E-state index in [4.69, 9.17) is 5.11 Å². The summed E-state index contributed by atoms with van der Waals surface area (Å²) in [5.41, 5.74) is -0.179. The Hall–Kier alpha value is -1.43. The third kappa shape index (κ3) is 2.38. The molecule has 1 aliphatic carbocycles. The van der Waals surface area contributed by atoms with E-state index in [1.54, 1.807) is 4.68 Å². The zero-order chi connectivity index (χ0) is 13.3. The molecule has 1 aliphatic rings. The Morgan fingerprint density at radius 1 is 1.44 bits per heavy atom. The van der Waals surface area contributed by atoms with Crippen LogP contribution in [0.5, 0.6) is 0 Å². The SMILES string of the molecule is CC(C)c1c(C(=O)O)nnn1CC1(O)CCCC1. The maximum atomic E-state index is 11.1. The molecule has 2 N–H and O–H groups in total. The number of aliphatic hydroxyl groups is 1. The van der Waals surface area contributed by atoms with Gasteiger partial charge in [0.15, 0.2) is 5.69 Å². The number of hydrogen-bond donors (Lipinski definition) is 2. The van der Waals surface area contributed by atoms with Gasteiger partial charge in [0.2, 0.25) is 0 Å². The summed E-state index contributed by atoms with van der Waals surface area (Å²) in [6, 6.07) is 0. The second-order valence-electron chi connectivity index (χ2n) is 5.37. The van der Waals surface area contributed by atoms with Crippen LogP contribution in [0.3, 0.4) is 0 Å². The molecule has 0 bridgehead atoms. The number of carbonyl (C=O) groups is 1. The summed E-state index contributed by atoms with van der Waals surface area (Å²) >= 11 is 0. The van der Waals surface area contributed by atoms with Gasteiger partial charge in [-0.1, -0.05) is 31.9 Å². The van der Waals surface area contributed by atoms with Crippen LogP contribution < -0.4 is 0 Å². The zero-order valence-corrected chi connectivity index (χ0v) is 10.8. The fraction of sp³-hybridized carbons (Fsp3) is 0.750. The van der Waals surface area contributed by atoms with Crippen molar-refractivity contribution in [3.8, 4) is 0 Å². The molecular weight excluding hydrogens is 234 g/mol. The van der Waals surface area contributed by atoms with Gasteiger partial charge in [0, 0.05) is 0 Å². The molecule has 6 nitrogen and oxygen atoms in total. The lowest BCUT2D eigenvalue weighted by atomic mass is 10.0. The van der Waals surface area contributed by atoms with Crippen molar-refractivity contribution >= 4 is 5.97 Å². The first-order valence-electron chi connectivity index (χ1n) is 6.32. The van der Waals surface area contributed by atoms with E-state index in [0.29, 0.717) is 12.2 Å². The molecule has 1 saturated carbocycles. The lowest BCUT2D eigenvalue weighted by Crippen LogP contribution is -2.32. The smallest absolute Gasteiger partial charge is 0.358 e. The molecule has 1 heterocycles. The number of hydrogen-bond acceptors (Lipinski definition) is 4. The molecule has 0 radical (unpaired) electrons. The molecule has 0 amide bonds. The van der Waals surface area contributed by atoms with Crippen LogP contribution in [-0.4, -0.2) is 36.8 Å². The number of aromatic nitrogens is 3. The number of nitrogens with zero attached hydrogens (tertiary/aromatic N) is 3. The Balaban J connectivity index is 2.30. The van der Waals surface area contributed by atoms with Gasteiger partial charge in [0.25, 0.3) is 0 Å². The molecule has 0 aliphatic heterocycles. The highest BCUT2D eigenvalue weighted by molar-refractivity contribution is 5.86. The van der Waals surface area contributed by atoms with Crippen molar-refractivity contribution in [1.29, 1.82) is 0 Å². The molecule has 2 rings (SSSR count). The van der Waals surface area contributed by atoms with Gasteiger partial charge in [-0.05, 0) is 18.8 Å². The quantitative estimate of drug-likeness (QED) is 0.846. The highest BCUT2D eigenvalue weighted by Gasteiger charge is 2.34. The molecule has 0 spiro atoms. The predicted molar refractivity (Wildman–Crippen MR) is 64.5 cm³/mol. The second kappa shape index (κ2) is 4.68. The molecule has 18 heavy (non-hydrogen) atoms. The number of rotatable bonds is 4. The van der Waals surface area contributed by atoms with Crippen LogP contribution >= 0.6 is 0 Å². The van der Waals surface area contributed by atoms with Crippen LogP contribution in [0.2, 0.25) is 0 Å². The van der Waals surface area contributed by atoms with Crippen molar-refractivity contribution in [3.05, 3.63) is 11.4 Å². The summed E-state index contributed by atoms with van der Waals surface area (Å²) in [7, 11) is 0. The molecular formula is C12H19N3O3. The van der Waals surface area contributed by atoms with Crippen molar-refractivity contribution in [2.45, 2.75) is 57.6 Å². The van der Waals surface area contributed by atoms with Crippen LogP contribution in [0.15, 0.2) is 0 Å². The molecule has 100 valence electrons. The highest BCUT2D eigenvalue weighted by Crippen LogP contribution is 2.32. The second-order valence-corrected chi connectivity index (χ2v) is 5.37. The monoisotopic (exact) mass is 253 g/mol. The van der Waals surface area contributed by atoms with Gasteiger partial charge >= 0.3 is 5.97 Å². The summed E-state index contributed by atoms with van der Waals surface area (Å²) in [5.74, 6) is -1.06. The van der Waals surface area contributed by atoms with Crippen LogP contribution in [0, 0.1) is 0 Å². The number of carboxylic acid groups (broad SMARTS) is 1. The average molecular weight is 253 g/mol. The van der Waals surface area contributed by atoms with E-state index in [1.165, 1.54) is 0 Å². The topological polar surface area (TPSA) is 88.2 Å². The lowest BCUT2D eigenvalue weighted by molar-refractivity contribution is 0.0249. The van der Waals surface area contributed by atoms with Crippen molar-refractivity contribution < 1.29 is 15.0 Å². The summed E-state index contributed by atoms with van der Waals surface area (Å²) in [6.45, 7) is 4.14. The Morgan fingerprint density at radius 3 is 2.56 bits per heavy atom. The van der Waals surface area contributed by atoms with Crippen LogP contribution in [0.4, 0.5) is 0 Å². The molecule has 6 heteroatoms. The van der Waals surface area contributed by atoms with Crippen LogP contribution in [0.1, 0.15) is 61.6 Å². The third-order valence-electron chi connectivity index (χ3n) is 3.50. The molecule has 1 fully saturated rings. The maximum absolute atomic E-state index is 11.1. The molecule has 0 unspecified atom stereocenters. The third-order valence-corrected chi connectivity index (χ3v) is 3.50. The number of carboxylic acids is 1. The molecule has 1 aromatic rings. The first-order chi connectivity index (χ1) is 8.43. The van der Waals surface area contributed by atoms with Crippen LogP contribution in [0.25, 0.3) is 0 Å². The Labute approximate surface area is 106 Å². The highest BCUT2D eigenvalue weighted by atomic mass is 16.4. The van der Waals surface area contributed by atoms with E-state index in [1.807, 2.05) is 13.8 Å². The Morgan fingerprint density at radius 2 is 2.06 bits per heavy atom. The Kier molecular flexibility index (Phi) is 3.38. The van der Waals surface area contributed by atoms with E-state index in [0.717, 1.165) is 25.7 Å². The van der Waals surface area contributed by atoms with Gasteiger partial charge in [-0.2, -0.15) is 0 Å². The Bertz CT molecular complexity index is 447. The first-order valence-corrected chi connectivity index (χ1v) is 6.32. The van der Waals surface area contributed by atoms with Gasteiger partial charge in [-0.15, -0.1) is 5.10 Å². The van der Waals surface area contributed by atoms with E-state index in [-0.39, 0.29) is 11.6 Å². The molecule has 0 saturated heterocycles. The minimum atomic E-state index is -1.07. The lowest BCUT2D eigenvalue weighted by Gasteiger charge is -2.23.